The first kappa shape index (κ1) is 11.5. The highest BCUT2D eigenvalue weighted by atomic mass is 28.3. The number of hydrogen-bond acceptors (Lipinski definition) is 1. The van der Waals surface area contributed by atoms with Gasteiger partial charge in [-0.05, 0) is 6.92 Å². The lowest BCUT2D eigenvalue weighted by Gasteiger charge is -2.19. The molecule has 1 nitrogen and oxygen atoms in total. The number of rotatable bonds is 0. The summed E-state index contributed by atoms with van der Waals surface area (Å²) in [6.45, 7) is 4.25. The fraction of sp³-hybridized carbons (Fsp3) is 0.714. The first-order valence-corrected chi connectivity index (χ1v) is 6.37. The summed E-state index contributed by atoms with van der Waals surface area (Å²) in [5.41, 5.74) is -0.446. The van der Waals surface area contributed by atoms with Gasteiger partial charge in [-0.25, -0.2) is 0 Å². The topological polar surface area (TPSA) is 20.2 Å². The summed E-state index contributed by atoms with van der Waals surface area (Å²) in [5, 5.41) is 8.82. The molecule has 1 N–H and O–H groups in total. The second-order valence-electron chi connectivity index (χ2n) is 2.99. The first-order chi connectivity index (χ1) is 5.17. The molecule has 0 bridgehead atoms. The van der Waals surface area contributed by atoms with Crippen molar-refractivity contribution in [2.24, 2.45) is 0 Å². The van der Waals surface area contributed by atoms with Crippen LogP contribution in [0.2, 0.25) is 13.1 Å². The van der Waals surface area contributed by atoms with E-state index in [0.717, 1.165) is 0 Å². The van der Waals surface area contributed by atoms with Gasteiger partial charge in [0.1, 0.15) is 8.80 Å². The average Bonchev–Trinajstić information content (AvgIpc) is 1.81. The minimum atomic E-state index is -4.66. The zero-order valence-corrected chi connectivity index (χ0v) is 8.31. The van der Waals surface area contributed by atoms with E-state index < -0.39 is 20.6 Å². The Morgan fingerprint density at radius 3 is 1.92 bits per heavy atom. The monoisotopic (exact) mass is 196 g/mol. The van der Waals surface area contributed by atoms with Crippen LogP contribution in [0, 0.1) is 11.5 Å². The normalized spacial score (nSPS) is 16.7. The molecule has 0 aromatic rings. The Kier molecular flexibility index (Phi) is 3.36. The Morgan fingerprint density at radius 1 is 1.25 bits per heavy atom. The maximum Gasteiger partial charge on any atom is 0.428 e. The van der Waals surface area contributed by atoms with Gasteiger partial charge in [-0.1, -0.05) is 19.0 Å². The predicted octanol–water partition coefficient (Wildman–Crippen LogP) is 1.33. The molecule has 0 aliphatic carbocycles. The SMILES string of the molecule is C[SiH](C)C#CC(C)(O)C(F)(F)F. The smallest absolute Gasteiger partial charge is 0.370 e. The van der Waals surface area contributed by atoms with E-state index in [2.05, 4.69) is 5.54 Å². The standard InChI is InChI=1S/C7H11F3OSi/c1-6(11,7(8,9)10)4-5-12(2)3/h11-12H,1-3H3. The summed E-state index contributed by atoms with van der Waals surface area (Å²) in [4.78, 5) is 0. The van der Waals surface area contributed by atoms with Gasteiger partial charge in [0.2, 0.25) is 5.60 Å². The van der Waals surface area contributed by atoms with Crippen LogP contribution in [-0.2, 0) is 0 Å². The Balaban J connectivity index is 4.57. The van der Waals surface area contributed by atoms with E-state index in [0.29, 0.717) is 6.92 Å². The van der Waals surface area contributed by atoms with E-state index in [4.69, 9.17) is 5.11 Å². The summed E-state index contributed by atoms with van der Waals surface area (Å²) < 4.78 is 35.8. The largest absolute Gasteiger partial charge is 0.428 e. The van der Waals surface area contributed by atoms with Crippen LogP contribution in [0.5, 0.6) is 0 Å². The van der Waals surface area contributed by atoms with Crippen LogP contribution in [-0.4, -0.2) is 25.7 Å². The number of alkyl halides is 3. The van der Waals surface area contributed by atoms with Crippen molar-refractivity contribution < 1.29 is 18.3 Å². The lowest BCUT2D eigenvalue weighted by Crippen LogP contribution is -2.40. The molecule has 70 valence electrons. The quantitative estimate of drug-likeness (QED) is 0.458. The molecular weight excluding hydrogens is 185 g/mol. The van der Waals surface area contributed by atoms with E-state index in [-0.39, 0.29) is 0 Å². The van der Waals surface area contributed by atoms with Gasteiger partial charge in [0, 0.05) is 0 Å². The molecule has 0 aliphatic rings. The van der Waals surface area contributed by atoms with Gasteiger partial charge < -0.3 is 5.11 Å². The zero-order chi connectivity index (χ0) is 9.99. The molecule has 0 spiro atoms. The molecule has 0 saturated carbocycles. The van der Waals surface area contributed by atoms with Crippen molar-refractivity contribution >= 4 is 8.80 Å². The van der Waals surface area contributed by atoms with Gasteiger partial charge in [-0.2, -0.15) is 13.2 Å². The molecule has 1 atom stereocenters. The Morgan fingerprint density at radius 2 is 1.67 bits per heavy atom. The minimum Gasteiger partial charge on any atom is -0.370 e. The van der Waals surface area contributed by atoms with Crippen LogP contribution >= 0.6 is 0 Å². The molecule has 0 saturated heterocycles. The van der Waals surface area contributed by atoms with Crippen LogP contribution in [0.25, 0.3) is 0 Å². The number of aliphatic hydroxyl groups is 1. The van der Waals surface area contributed by atoms with Crippen LogP contribution in [0.1, 0.15) is 6.92 Å². The molecule has 0 heterocycles. The van der Waals surface area contributed by atoms with E-state index in [1.54, 1.807) is 13.1 Å². The highest BCUT2D eigenvalue weighted by Gasteiger charge is 2.48. The first-order valence-electron chi connectivity index (χ1n) is 3.48. The predicted molar refractivity (Wildman–Crippen MR) is 43.3 cm³/mol. The third-order valence-corrected chi connectivity index (χ3v) is 1.88. The third kappa shape index (κ3) is 3.28. The van der Waals surface area contributed by atoms with Crippen molar-refractivity contribution in [3.05, 3.63) is 0 Å². The summed E-state index contributed by atoms with van der Waals surface area (Å²) >= 11 is 0. The molecule has 5 heteroatoms. The summed E-state index contributed by atoms with van der Waals surface area (Å²) in [6, 6.07) is 0. The second-order valence-corrected chi connectivity index (χ2v) is 5.59. The maximum atomic E-state index is 11.9. The second kappa shape index (κ2) is 3.50. The van der Waals surface area contributed by atoms with Gasteiger partial charge in [0.05, 0.1) is 0 Å². The number of halogens is 3. The highest BCUT2D eigenvalue weighted by molar-refractivity contribution is 6.64. The Labute approximate surface area is 71.2 Å². The molecule has 0 fully saturated rings. The summed E-state index contributed by atoms with van der Waals surface area (Å²) in [7, 11) is -1.36. The molecule has 0 aromatic carbocycles. The molecule has 0 rings (SSSR count). The highest BCUT2D eigenvalue weighted by Crippen LogP contribution is 2.28. The number of hydrogen-bond donors (Lipinski definition) is 1. The van der Waals surface area contributed by atoms with Crippen LogP contribution in [0.15, 0.2) is 0 Å². The van der Waals surface area contributed by atoms with E-state index in [1.165, 1.54) is 0 Å². The van der Waals surface area contributed by atoms with E-state index in [9.17, 15) is 13.2 Å². The minimum absolute atomic E-state index is 0.663. The van der Waals surface area contributed by atoms with Gasteiger partial charge in [0.15, 0.2) is 0 Å². The van der Waals surface area contributed by atoms with Crippen molar-refractivity contribution in [3.8, 4) is 11.5 Å². The third-order valence-electron chi connectivity index (χ3n) is 1.16. The van der Waals surface area contributed by atoms with Crippen LogP contribution in [0.3, 0.4) is 0 Å². The van der Waals surface area contributed by atoms with Crippen molar-refractivity contribution in [3.63, 3.8) is 0 Å². The lowest BCUT2D eigenvalue weighted by molar-refractivity contribution is -0.228. The zero-order valence-electron chi connectivity index (χ0n) is 7.16. The average molecular weight is 196 g/mol. The van der Waals surface area contributed by atoms with Crippen molar-refractivity contribution in [2.75, 3.05) is 0 Å². The molecule has 12 heavy (non-hydrogen) atoms. The molecule has 0 aliphatic heterocycles. The lowest BCUT2D eigenvalue weighted by atomic mass is 10.1. The molecule has 0 aromatic heterocycles. The Hall–Kier alpha value is -0.473. The molecular formula is C7H11F3OSi. The Bertz CT molecular complexity index is 209. The molecule has 0 amide bonds. The summed E-state index contributed by atoms with van der Waals surface area (Å²) in [5.74, 6) is 1.84. The van der Waals surface area contributed by atoms with Gasteiger partial charge in [-0.15, -0.1) is 5.54 Å². The fourth-order valence-corrected chi connectivity index (χ4v) is 0.925. The van der Waals surface area contributed by atoms with Gasteiger partial charge in [-0.3, -0.25) is 0 Å². The molecule has 1 unspecified atom stereocenters. The van der Waals surface area contributed by atoms with E-state index in [1.807, 2.05) is 5.92 Å². The van der Waals surface area contributed by atoms with Crippen molar-refractivity contribution in [1.82, 2.24) is 0 Å². The van der Waals surface area contributed by atoms with Gasteiger partial charge in [0.25, 0.3) is 0 Å². The van der Waals surface area contributed by atoms with Crippen LogP contribution < -0.4 is 0 Å². The summed E-state index contributed by atoms with van der Waals surface area (Å²) in [6.07, 6.45) is -4.66. The maximum absolute atomic E-state index is 11.9. The van der Waals surface area contributed by atoms with E-state index >= 15 is 0 Å². The van der Waals surface area contributed by atoms with Gasteiger partial charge >= 0.3 is 6.18 Å². The molecule has 0 radical (unpaired) electrons. The van der Waals surface area contributed by atoms with Crippen molar-refractivity contribution in [1.29, 1.82) is 0 Å². The fourth-order valence-electron chi connectivity index (χ4n) is 0.356. The van der Waals surface area contributed by atoms with Crippen molar-refractivity contribution in [2.45, 2.75) is 31.8 Å². The van der Waals surface area contributed by atoms with Crippen LogP contribution in [0.4, 0.5) is 13.2 Å².